The number of ether oxygens (including phenoxy) is 2. The quantitative estimate of drug-likeness (QED) is 0.482. The SMILES string of the molecule is Cc1cn([C@@H]2O[C@H](CO)[C@H]3C[C@@H](CP(=O)(O)O)O[C@H]32)c(=O)[nH]c1=O. The highest BCUT2D eigenvalue weighted by Crippen LogP contribution is 2.47. The van der Waals surface area contributed by atoms with Crippen molar-refractivity contribution in [2.45, 2.75) is 37.9 Å². The molecule has 0 amide bonds. The van der Waals surface area contributed by atoms with Crippen LogP contribution in [0.25, 0.3) is 0 Å². The first-order chi connectivity index (χ1) is 11.2. The number of hydrogen-bond acceptors (Lipinski definition) is 6. The lowest BCUT2D eigenvalue weighted by molar-refractivity contribution is -0.0857. The summed E-state index contributed by atoms with van der Waals surface area (Å²) in [6.07, 6.45) is -1.57. The first-order valence-electron chi connectivity index (χ1n) is 7.48. The zero-order valence-electron chi connectivity index (χ0n) is 12.9. The summed E-state index contributed by atoms with van der Waals surface area (Å²) < 4.78 is 23.8. The predicted molar refractivity (Wildman–Crippen MR) is 80.7 cm³/mol. The van der Waals surface area contributed by atoms with E-state index in [2.05, 4.69) is 4.98 Å². The van der Waals surface area contributed by atoms with Crippen molar-refractivity contribution in [3.05, 3.63) is 32.6 Å². The molecule has 2 aliphatic heterocycles. The monoisotopic (exact) mass is 362 g/mol. The molecule has 4 N–H and O–H groups in total. The maximum absolute atomic E-state index is 12.1. The Balaban J connectivity index is 1.91. The number of H-pyrrole nitrogens is 1. The van der Waals surface area contributed by atoms with Gasteiger partial charge in [-0.1, -0.05) is 0 Å². The van der Waals surface area contributed by atoms with E-state index < -0.39 is 49.5 Å². The number of aromatic amines is 1. The highest BCUT2D eigenvalue weighted by Gasteiger charge is 2.52. The second-order valence-electron chi connectivity index (χ2n) is 6.20. The lowest BCUT2D eigenvalue weighted by Crippen LogP contribution is -2.37. The van der Waals surface area contributed by atoms with Gasteiger partial charge in [-0.15, -0.1) is 0 Å². The molecule has 0 saturated carbocycles. The molecular weight excluding hydrogens is 343 g/mol. The van der Waals surface area contributed by atoms with Gasteiger partial charge in [-0.2, -0.15) is 0 Å². The molecule has 10 nitrogen and oxygen atoms in total. The second kappa shape index (κ2) is 6.21. The smallest absolute Gasteiger partial charge is 0.330 e. The Morgan fingerprint density at radius 1 is 1.38 bits per heavy atom. The molecule has 1 aromatic heterocycles. The van der Waals surface area contributed by atoms with Crippen LogP contribution < -0.4 is 11.2 Å². The van der Waals surface area contributed by atoms with Crippen molar-refractivity contribution in [1.82, 2.24) is 9.55 Å². The summed E-state index contributed by atoms with van der Waals surface area (Å²) in [6, 6.07) is 0. The van der Waals surface area contributed by atoms with Crippen molar-refractivity contribution in [2.75, 3.05) is 12.8 Å². The molecule has 0 radical (unpaired) electrons. The zero-order chi connectivity index (χ0) is 17.6. The summed E-state index contributed by atoms with van der Waals surface area (Å²) in [4.78, 5) is 44.0. The van der Waals surface area contributed by atoms with Crippen molar-refractivity contribution < 1.29 is 28.9 Å². The van der Waals surface area contributed by atoms with E-state index in [9.17, 15) is 19.3 Å². The Kier molecular flexibility index (Phi) is 4.54. The van der Waals surface area contributed by atoms with Gasteiger partial charge in [0.2, 0.25) is 0 Å². The Morgan fingerprint density at radius 3 is 2.71 bits per heavy atom. The molecule has 134 valence electrons. The van der Waals surface area contributed by atoms with Crippen LogP contribution in [-0.2, 0) is 14.0 Å². The minimum Gasteiger partial charge on any atom is -0.394 e. The van der Waals surface area contributed by atoms with Gasteiger partial charge in [-0.3, -0.25) is 18.9 Å². The standard InChI is InChI=1S/C13H19N2O8P/c1-6-3-15(13(18)14-11(6)17)12-10-8(9(4-16)23-12)2-7(22-10)5-24(19,20)21/h3,7-10,12,16H,2,4-5H2,1H3,(H,14,17,18)(H2,19,20,21)/t7-,8+,9+,10+,12+/m0/s1. The third kappa shape index (κ3) is 3.26. The van der Waals surface area contributed by atoms with Gasteiger partial charge in [-0.05, 0) is 13.3 Å². The van der Waals surface area contributed by atoms with Gasteiger partial charge < -0.3 is 24.4 Å². The molecule has 0 unspecified atom stereocenters. The number of aliphatic hydroxyl groups is 1. The van der Waals surface area contributed by atoms with E-state index in [4.69, 9.17) is 19.3 Å². The van der Waals surface area contributed by atoms with E-state index in [1.54, 1.807) is 0 Å². The normalized spacial score (nSPS) is 32.9. The molecule has 0 aromatic carbocycles. The van der Waals surface area contributed by atoms with E-state index in [0.29, 0.717) is 12.0 Å². The average Bonchev–Trinajstić information content (AvgIpc) is 2.99. The summed E-state index contributed by atoms with van der Waals surface area (Å²) in [6.45, 7) is 1.23. The number of nitrogens with zero attached hydrogens (tertiary/aromatic N) is 1. The molecule has 11 heteroatoms. The van der Waals surface area contributed by atoms with Gasteiger partial charge in [0.1, 0.15) is 6.10 Å². The fraction of sp³-hybridized carbons (Fsp3) is 0.692. The Labute approximate surface area is 136 Å². The maximum atomic E-state index is 12.1. The number of aryl methyl sites for hydroxylation is 1. The molecule has 0 aliphatic carbocycles. The number of nitrogens with one attached hydrogen (secondary N) is 1. The van der Waals surface area contributed by atoms with Crippen LogP contribution >= 0.6 is 7.60 Å². The van der Waals surface area contributed by atoms with E-state index in [1.165, 1.54) is 17.7 Å². The number of aliphatic hydroxyl groups excluding tert-OH is 1. The third-order valence-corrected chi connectivity index (χ3v) is 5.30. The lowest BCUT2D eigenvalue weighted by atomic mass is 9.95. The van der Waals surface area contributed by atoms with Crippen molar-refractivity contribution in [3.8, 4) is 0 Å². The Morgan fingerprint density at radius 2 is 2.08 bits per heavy atom. The van der Waals surface area contributed by atoms with Crippen LogP contribution in [0.1, 0.15) is 18.2 Å². The number of rotatable bonds is 4. The second-order valence-corrected chi connectivity index (χ2v) is 7.89. The van der Waals surface area contributed by atoms with Crippen molar-refractivity contribution >= 4 is 7.60 Å². The van der Waals surface area contributed by atoms with Crippen molar-refractivity contribution in [3.63, 3.8) is 0 Å². The first-order valence-corrected chi connectivity index (χ1v) is 9.28. The minimum atomic E-state index is -4.24. The molecule has 1 aromatic rings. The molecule has 2 saturated heterocycles. The molecule has 5 atom stereocenters. The zero-order valence-corrected chi connectivity index (χ0v) is 13.8. The van der Waals surface area contributed by atoms with Crippen LogP contribution in [-0.4, -0.2) is 55.5 Å². The predicted octanol–water partition coefficient (Wildman–Crippen LogP) is -1.31. The van der Waals surface area contributed by atoms with Gasteiger partial charge in [0, 0.05) is 17.7 Å². The molecule has 0 spiro atoms. The van der Waals surface area contributed by atoms with E-state index in [-0.39, 0.29) is 12.5 Å². The van der Waals surface area contributed by atoms with E-state index >= 15 is 0 Å². The molecule has 24 heavy (non-hydrogen) atoms. The van der Waals surface area contributed by atoms with Crippen LogP contribution in [0.2, 0.25) is 0 Å². The molecule has 3 rings (SSSR count). The average molecular weight is 362 g/mol. The first kappa shape index (κ1) is 17.5. The largest absolute Gasteiger partial charge is 0.394 e. The highest BCUT2D eigenvalue weighted by atomic mass is 31.2. The summed E-state index contributed by atoms with van der Waals surface area (Å²) in [5.41, 5.74) is -0.863. The summed E-state index contributed by atoms with van der Waals surface area (Å²) in [7, 11) is -4.24. The third-order valence-electron chi connectivity index (χ3n) is 4.42. The van der Waals surface area contributed by atoms with E-state index in [0.717, 1.165) is 0 Å². The number of hydrogen-bond donors (Lipinski definition) is 4. The molecule has 2 fully saturated rings. The lowest BCUT2D eigenvalue weighted by Gasteiger charge is -2.22. The summed E-state index contributed by atoms with van der Waals surface area (Å²) >= 11 is 0. The minimum absolute atomic E-state index is 0.296. The van der Waals surface area contributed by atoms with Crippen LogP contribution in [0.15, 0.2) is 15.8 Å². The summed E-state index contributed by atoms with van der Waals surface area (Å²) in [5, 5.41) is 9.49. The Hall–Kier alpha value is -1.29. The van der Waals surface area contributed by atoms with E-state index in [1.807, 2.05) is 0 Å². The molecule has 2 aliphatic rings. The van der Waals surface area contributed by atoms with Gasteiger partial charge in [0.25, 0.3) is 5.56 Å². The number of aromatic nitrogens is 2. The molecule has 0 bridgehead atoms. The van der Waals surface area contributed by atoms with Gasteiger partial charge in [0.05, 0.1) is 25.0 Å². The van der Waals surface area contributed by atoms with Crippen LogP contribution in [0, 0.1) is 12.8 Å². The topological polar surface area (TPSA) is 151 Å². The van der Waals surface area contributed by atoms with Crippen LogP contribution in [0.4, 0.5) is 0 Å². The van der Waals surface area contributed by atoms with Gasteiger partial charge in [0.15, 0.2) is 6.23 Å². The Bertz CT molecular complexity index is 783. The van der Waals surface area contributed by atoms with Crippen molar-refractivity contribution in [1.29, 1.82) is 0 Å². The van der Waals surface area contributed by atoms with Crippen LogP contribution in [0.3, 0.4) is 0 Å². The van der Waals surface area contributed by atoms with Crippen molar-refractivity contribution in [2.24, 2.45) is 5.92 Å². The fourth-order valence-corrected chi connectivity index (χ4v) is 4.14. The molecule has 3 heterocycles. The van der Waals surface area contributed by atoms with Crippen LogP contribution in [0.5, 0.6) is 0 Å². The highest BCUT2D eigenvalue weighted by molar-refractivity contribution is 7.51. The maximum Gasteiger partial charge on any atom is 0.330 e. The van der Waals surface area contributed by atoms with Gasteiger partial charge in [-0.25, -0.2) is 4.79 Å². The molecular formula is C13H19N2O8P. The summed E-state index contributed by atoms with van der Waals surface area (Å²) in [5.74, 6) is -0.296. The fourth-order valence-electron chi connectivity index (χ4n) is 3.38. The number of fused-ring (bicyclic) bond motifs is 1. The van der Waals surface area contributed by atoms with Gasteiger partial charge >= 0.3 is 13.3 Å².